The van der Waals surface area contributed by atoms with E-state index >= 15 is 4.39 Å². The van der Waals surface area contributed by atoms with Crippen LogP contribution in [0.25, 0.3) is 10.9 Å². The van der Waals surface area contributed by atoms with Crippen LogP contribution in [0.2, 0.25) is 0 Å². The van der Waals surface area contributed by atoms with Crippen LogP contribution in [0, 0.1) is 19.7 Å². The van der Waals surface area contributed by atoms with E-state index in [1.165, 1.54) is 12.1 Å². The predicted octanol–water partition coefficient (Wildman–Crippen LogP) is 6.28. The fourth-order valence-electron chi connectivity index (χ4n) is 4.97. The van der Waals surface area contributed by atoms with Crippen LogP contribution in [-0.4, -0.2) is 51.3 Å². The van der Waals surface area contributed by atoms with Crippen molar-refractivity contribution in [2.45, 2.75) is 84.0 Å². The maximum atomic E-state index is 15.4. The first-order valence-corrected chi connectivity index (χ1v) is 13.0. The van der Waals surface area contributed by atoms with Gasteiger partial charge in [-0.1, -0.05) is 12.1 Å². The summed E-state index contributed by atoms with van der Waals surface area (Å²) in [6.07, 6.45) is 2.22. The first-order chi connectivity index (χ1) is 17.7. The Kier molecular flexibility index (Phi) is 7.65. The van der Waals surface area contributed by atoms with Crippen LogP contribution in [0.1, 0.15) is 69.1 Å². The van der Waals surface area contributed by atoms with E-state index in [4.69, 9.17) is 4.74 Å². The van der Waals surface area contributed by atoms with Crippen LogP contribution in [0.3, 0.4) is 0 Å². The summed E-state index contributed by atoms with van der Waals surface area (Å²) in [6, 6.07) is 7.79. The number of alkyl halides is 2. The largest absolute Gasteiger partial charge is 0.492 e. The zero-order chi connectivity index (χ0) is 28.0. The van der Waals surface area contributed by atoms with Crippen molar-refractivity contribution >= 4 is 16.7 Å². The first-order valence-electron chi connectivity index (χ1n) is 13.0. The third-order valence-corrected chi connectivity index (χ3v) is 7.68. The predicted molar refractivity (Wildman–Crippen MR) is 143 cm³/mol. The maximum Gasteiger partial charge on any atom is 0.303 e. The maximum absolute atomic E-state index is 15.4. The summed E-state index contributed by atoms with van der Waals surface area (Å²) >= 11 is 0. The summed E-state index contributed by atoms with van der Waals surface area (Å²) < 4.78 is 51.3. The first kappa shape index (κ1) is 28.1. The molecular formula is C29H37F3N4O2. The summed E-state index contributed by atoms with van der Waals surface area (Å²) in [7, 11) is 2.12. The lowest BCUT2D eigenvalue weighted by Gasteiger charge is -2.30. The highest BCUT2D eigenvalue weighted by atomic mass is 19.3. The Morgan fingerprint density at radius 3 is 2.53 bits per heavy atom. The van der Waals surface area contributed by atoms with E-state index in [-0.39, 0.29) is 5.56 Å². The van der Waals surface area contributed by atoms with E-state index in [2.05, 4.69) is 34.2 Å². The lowest BCUT2D eigenvalue weighted by atomic mass is 9.91. The molecule has 0 aliphatic carbocycles. The number of nitrogens with one attached hydrogen (secondary N) is 1. The number of aromatic nitrogens is 2. The van der Waals surface area contributed by atoms with Gasteiger partial charge in [-0.2, -0.15) is 8.78 Å². The van der Waals surface area contributed by atoms with Crippen LogP contribution in [-0.2, 0) is 5.92 Å². The van der Waals surface area contributed by atoms with Crippen molar-refractivity contribution in [2.24, 2.45) is 0 Å². The topological polar surface area (TPSA) is 70.5 Å². The van der Waals surface area contributed by atoms with Crippen molar-refractivity contribution in [1.82, 2.24) is 14.9 Å². The zero-order valence-electron chi connectivity index (χ0n) is 23.1. The monoisotopic (exact) mass is 530 g/mol. The minimum Gasteiger partial charge on any atom is -0.492 e. The quantitative estimate of drug-likeness (QED) is 0.357. The zero-order valence-corrected chi connectivity index (χ0v) is 23.1. The molecular weight excluding hydrogens is 493 g/mol. The molecule has 0 bridgehead atoms. The van der Waals surface area contributed by atoms with Gasteiger partial charge in [-0.3, -0.25) is 4.90 Å². The van der Waals surface area contributed by atoms with Gasteiger partial charge >= 0.3 is 5.92 Å². The van der Waals surface area contributed by atoms with Crippen LogP contribution >= 0.6 is 0 Å². The van der Waals surface area contributed by atoms with Gasteiger partial charge in [0.15, 0.2) is 0 Å². The molecule has 1 aliphatic rings. The SMILES string of the molecule is Cc1nc(N[C@H](C)c2cccc(C(F)(F)C(C)(C)O)c2F)c2cc(OC[C@@H]3CC[C@@H](C)N3C)c(C)cc2n1. The summed E-state index contributed by atoms with van der Waals surface area (Å²) in [5.74, 6) is -3.16. The van der Waals surface area contributed by atoms with Crippen LogP contribution in [0.4, 0.5) is 19.0 Å². The molecule has 9 heteroatoms. The molecule has 0 spiro atoms. The molecule has 3 aromatic rings. The highest BCUT2D eigenvalue weighted by Gasteiger charge is 2.49. The molecule has 0 unspecified atom stereocenters. The lowest BCUT2D eigenvalue weighted by molar-refractivity contribution is -0.170. The number of halogens is 3. The summed E-state index contributed by atoms with van der Waals surface area (Å²) in [5.41, 5.74) is -1.60. The van der Waals surface area contributed by atoms with Crippen LogP contribution in [0.5, 0.6) is 5.75 Å². The van der Waals surface area contributed by atoms with Gasteiger partial charge in [0.05, 0.1) is 17.1 Å². The smallest absolute Gasteiger partial charge is 0.303 e. The number of benzene rings is 2. The van der Waals surface area contributed by atoms with E-state index < -0.39 is 28.9 Å². The van der Waals surface area contributed by atoms with Gasteiger partial charge in [-0.25, -0.2) is 14.4 Å². The van der Waals surface area contributed by atoms with Crippen molar-refractivity contribution in [3.05, 3.63) is 58.7 Å². The molecule has 3 atom stereocenters. The number of aliphatic hydroxyl groups is 1. The van der Waals surface area contributed by atoms with Crippen LogP contribution in [0.15, 0.2) is 30.3 Å². The van der Waals surface area contributed by atoms with Crippen molar-refractivity contribution in [2.75, 3.05) is 19.0 Å². The number of likely N-dealkylation sites (N-methyl/N-ethyl adjacent to an activating group) is 1. The van der Waals surface area contributed by atoms with Gasteiger partial charge in [0.25, 0.3) is 0 Å². The van der Waals surface area contributed by atoms with E-state index in [9.17, 15) is 13.9 Å². The second-order valence-electron chi connectivity index (χ2n) is 11.0. The third kappa shape index (κ3) is 5.31. The minimum atomic E-state index is -3.78. The number of hydrogen-bond acceptors (Lipinski definition) is 6. The molecule has 1 aliphatic heterocycles. The fraction of sp³-hybridized carbons (Fsp3) is 0.517. The summed E-state index contributed by atoms with van der Waals surface area (Å²) in [6.45, 7) is 10.1. The summed E-state index contributed by atoms with van der Waals surface area (Å²) in [5, 5.41) is 13.8. The number of aryl methyl sites for hydroxylation is 2. The van der Waals surface area contributed by atoms with E-state index in [1.807, 2.05) is 19.1 Å². The van der Waals surface area contributed by atoms with Crippen molar-refractivity contribution in [1.29, 1.82) is 0 Å². The Morgan fingerprint density at radius 1 is 1.18 bits per heavy atom. The van der Waals surface area contributed by atoms with E-state index in [0.29, 0.717) is 47.0 Å². The molecule has 0 saturated carbocycles. The van der Waals surface area contributed by atoms with Gasteiger partial charge in [-0.05, 0) is 85.2 Å². The Labute approximate surface area is 222 Å². The van der Waals surface area contributed by atoms with Crippen molar-refractivity contribution in [3.8, 4) is 5.75 Å². The van der Waals surface area contributed by atoms with Gasteiger partial charge < -0.3 is 15.2 Å². The average molecular weight is 531 g/mol. The average Bonchev–Trinajstić information content (AvgIpc) is 3.14. The molecule has 206 valence electrons. The molecule has 0 radical (unpaired) electrons. The summed E-state index contributed by atoms with van der Waals surface area (Å²) in [4.78, 5) is 11.4. The minimum absolute atomic E-state index is 0.0396. The number of nitrogens with zero attached hydrogens (tertiary/aromatic N) is 3. The number of likely N-dealkylation sites (tertiary alicyclic amines) is 1. The fourth-order valence-corrected chi connectivity index (χ4v) is 4.97. The number of hydrogen-bond donors (Lipinski definition) is 2. The number of ether oxygens (including phenoxy) is 1. The highest BCUT2D eigenvalue weighted by molar-refractivity contribution is 5.91. The third-order valence-electron chi connectivity index (χ3n) is 7.68. The van der Waals surface area contributed by atoms with Gasteiger partial charge in [0, 0.05) is 23.0 Å². The molecule has 38 heavy (non-hydrogen) atoms. The Balaban J connectivity index is 1.65. The van der Waals surface area contributed by atoms with Gasteiger partial charge in [0.2, 0.25) is 0 Å². The Hall–Kier alpha value is -2.91. The normalized spacial score (nSPS) is 19.7. The molecule has 4 rings (SSSR count). The number of fused-ring (bicyclic) bond motifs is 1. The Bertz CT molecular complexity index is 1330. The molecule has 0 amide bonds. The van der Waals surface area contributed by atoms with Crippen molar-refractivity contribution in [3.63, 3.8) is 0 Å². The molecule has 2 N–H and O–H groups in total. The lowest BCUT2D eigenvalue weighted by Crippen LogP contribution is -2.41. The molecule has 6 nitrogen and oxygen atoms in total. The van der Waals surface area contributed by atoms with Crippen LogP contribution < -0.4 is 10.1 Å². The molecule has 1 saturated heterocycles. The number of rotatable bonds is 8. The molecule has 1 aromatic heterocycles. The van der Waals surface area contributed by atoms with E-state index in [1.54, 1.807) is 13.8 Å². The number of anilines is 1. The molecule has 2 aromatic carbocycles. The van der Waals surface area contributed by atoms with Gasteiger partial charge in [-0.15, -0.1) is 0 Å². The second-order valence-corrected chi connectivity index (χ2v) is 11.0. The molecule has 2 heterocycles. The second kappa shape index (κ2) is 10.3. The Morgan fingerprint density at radius 2 is 1.89 bits per heavy atom. The van der Waals surface area contributed by atoms with Crippen molar-refractivity contribution < 1.29 is 23.0 Å². The van der Waals surface area contributed by atoms with Gasteiger partial charge in [0.1, 0.15) is 35.4 Å². The standard InChI is InChI=1S/C29H37F3N4O2/c1-16-13-24-22(14-25(16)38-15-20-12-11-17(2)36(20)7)27(35-19(4)34-24)33-18(3)21-9-8-10-23(26(21)30)29(31,32)28(5,6)37/h8-10,13-14,17-18,20,37H,11-12,15H2,1-7H3,(H,33,34,35)/t17-,18-,20+/m1/s1. The van der Waals surface area contributed by atoms with E-state index in [0.717, 1.165) is 38.3 Å². The molecule has 1 fully saturated rings. The highest BCUT2D eigenvalue weighted by Crippen LogP contribution is 2.41.